The largest absolute Gasteiger partial charge is 0.455 e. The first kappa shape index (κ1) is 45.6. The molecule has 266 valence electrons. The maximum Gasteiger partial charge on any atom is 0.173 e. The summed E-state index contributed by atoms with van der Waals surface area (Å²) in [7, 11) is -8.04. The number of thioether (sulfide) groups is 2. The normalized spacial score (nSPS) is 14.0. The smallest absolute Gasteiger partial charge is 0.173 e. The molecule has 0 spiro atoms. The van der Waals surface area contributed by atoms with Crippen molar-refractivity contribution >= 4 is 79.9 Å². The summed E-state index contributed by atoms with van der Waals surface area (Å²) >= 11 is 2.92. The molecule has 0 aromatic rings. The van der Waals surface area contributed by atoms with Crippen molar-refractivity contribution in [2.45, 2.75) is 127 Å². The summed E-state index contributed by atoms with van der Waals surface area (Å²) in [4.78, 5) is 48.2. The molecule has 0 radical (unpaired) electrons. The van der Waals surface area contributed by atoms with Crippen molar-refractivity contribution in [2.75, 3.05) is 23.0 Å². The molecular formula is C32H62O8S2Si4. The van der Waals surface area contributed by atoms with E-state index in [0.29, 0.717) is 61.5 Å². The van der Waals surface area contributed by atoms with Crippen molar-refractivity contribution in [2.24, 2.45) is 0 Å². The summed E-state index contributed by atoms with van der Waals surface area (Å²) in [5.41, 5.74) is 0. The Balaban J connectivity index is 4.20. The van der Waals surface area contributed by atoms with Crippen molar-refractivity contribution < 1.29 is 37.6 Å². The van der Waals surface area contributed by atoms with Gasteiger partial charge in [-0.2, -0.15) is 23.5 Å². The molecule has 46 heavy (non-hydrogen) atoms. The molecule has 0 aliphatic heterocycles. The molecule has 0 aromatic carbocycles. The maximum absolute atomic E-state index is 12.5. The van der Waals surface area contributed by atoms with Gasteiger partial charge in [-0.3, -0.25) is 19.2 Å². The van der Waals surface area contributed by atoms with E-state index in [1.54, 1.807) is 0 Å². The van der Waals surface area contributed by atoms with Crippen molar-refractivity contribution in [3.05, 3.63) is 25.3 Å². The number of aliphatic hydroxyl groups excluding tert-OH is 2. The van der Waals surface area contributed by atoms with E-state index in [0.717, 1.165) is 24.2 Å². The van der Waals surface area contributed by atoms with Crippen LogP contribution in [0, 0.1) is 0 Å². The molecular weight excluding hydrogens is 689 g/mol. The predicted octanol–water partition coefficient (Wildman–Crippen LogP) is 7.02. The first-order valence-corrected chi connectivity index (χ1v) is 31.2. The maximum atomic E-state index is 12.5. The molecule has 8 nitrogen and oxygen atoms in total. The third-order valence-electron chi connectivity index (χ3n) is 7.59. The van der Waals surface area contributed by atoms with Gasteiger partial charge in [-0.15, -0.1) is 0 Å². The van der Waals surface area contributed by atoms with Crippen LogP contribution in [0.4, 0.5) is 0 Å². The van der Waals surface area contributed by atoms with Crippen LogP contribution in [0.2, 0.25) is 76.6 Å². The van der Waals surface area contributed by atoms with Gasteiger partial charge in [-0.05, 0) is 88.7 Å². The van der Waals surface area contributed by atoms with Gasteiger partial charge in [0.25, 0.3) is 0 Å². The fourth-order valence-corrected chi connectivity index (χ4v) is 23.9. The second-order valence-electron chi connectivity index (χ2n) is 14.4. The van der Waals surface area contributed by atoms with Gasteiger partial charge in [-0.25, -0.2) is 0 Å². The number of rotatable bonds is 29. The molecule has 2 unspecified atom stereocenters. The van der Waals surface area contributed by atoms with Gasteiger partial charge < -0.3 is 18.4 Å². The monoisotopic (exact) mass is 750 g/mol. The van der Waals surface area contributed by atoms with E-state index in [9.17, 15) is 29.4 Å². The van der Waals surface area contributed by atoms with Crippen LogP contribution in [0.25, 0.3) is 0 Å². The van der Waals surface area contributed by atoms with E-state index >= 15 is 0 Å². The number of aliphatic hydroxyl groups is 2. The molecule has 0 saturated carbocycles. The molecule has 0 saturated heterocycles. The Labute approximate surface area is 291 Å². The van der Waals surface area contributed by atoms with Gasteiger partial charge in [0.2, 0.25) is 0 Å². The molecule has 14 heteroatoms. The highest BCUT2D eigenvalue weighted by molar-refractivity contribution is 7.99. The fraction of sp³-hybridized carbons (Fsp3) is 0.750. The van der Waals surface area contributed by atoms with Gasteiger partial charge in [0, 0.05) is 61.5 Å². The molecule has 0 fully saturated rings. The molecule has 2 atom stereocenters. The van der Waals surface area contributed by atoms with Gasteiger partial charge in [0.05, 0.1) is 12.2 Å². The second-order valence-corrected chi connectivity index (χ2v) is 34.5. The molecule has 0 rings (SSSR count). The van der Waals surface area contributed by atoms with Crippen LogP contribution in [-0.4, -0.2) is 102 Å². The summed E-state index contributed by atoms with van der Waals surface area (Å²) in [6.07, 6.45) is 3.65. The minimum absolute atomic E-state index is 0.0387. The van der Waals surface area contributed by atoms with Gasteiger partial charge in [-0.1, -0.05) is 13.2 Å². The topological polar surface area (TPSA) is 127 Å². The van der Waals surface area contributed by atoms with Gasteiger partial charge in [0.1, 0.15) is 11.6 Å². The van der Waals surface area contributed by atoms with Crippen LogP contribution >= 0.6 is 23.5 Å². The minimum Gasteiger partial charge on any atom is -0.455 e. The predicted molar refractivity (Wildman–Crippen MR) is 206 cm³/mol. The van der Waals surface area contributed by atoms with Crippen LogP contribution in [0.15, 0.2) is 25.3 Å². The number of ketones is 4. The van der Waals surface area contributed by atoms with Gasteiger partial charge >= 0.3 is 0 Å². The SMILES string of the molecule is C=CC(=O)CC[Si](C)(C)O[Si](C)(C)CCC(=O)CCSCC(O)C(O)CSCCC(=O)CC[Si](C)(C)O[Si](C)(C)CCC(=O)C=C. The number of carbonyl (C=O) groups is 4. The quantitative estimate of drug-likeness (QED) is 0.0468. The summed E-state index contributed by atoms with van der Waals surface area (Å²) in [6.45, 7) is 24.1. The number of hydrogen-bond donors (Lipinski definition) is 2. The molecule has 0 bridgehead atoms. The summed E-state index contributed by atoms with van der Waals surface area (Å²) in [6, 6.07) is 3.00. The first-order chi connectivity index (χ1) is 21.1. The van der Waals surface area contributed by atoms with E-state index in [4.69, 9.17) is 8.23 Å². The highest BCUT2D eigenvalue weighted by Gasteiger charge is 2.34. The van der Waals surface area contributed by atoms with Crippen molar-refractivity contribution in [3.8, 4) is 0 Å². The van der Waals surface area contributed by atoms with Gasteiger partial charge in [0.15, 0.2) is 44.8 Å². The van der Waals surface area contributed by atoms with E-state index in [1.165, 1.54) is 35.7 Å². The van der Waals surface area contributed by atoms with E-state index in [2.05, 4.69) is 65.5 Å². The molecule has 0 heterocycles. The van der Waals surface area contributed by atoms with Crippen LogP contribution in [0.3, 0.4) is 0 Å². The number of carbonyl (C=O) groups excluding carboxylic acids is 4. The summed E-state index contributed by atoms with van der Waals surface area (Å²) in [5, 5.41) is 20.7. The fourth-order valence-electron chi connectivity index (χ4n) is 4.89. The summed E-state index contributed by atoms with van der Waals surface area (Å²) < 4.78 is 13.0. The number of allylic oxidation sites excluding steroid dienone is 2. The third-order valence-corrected chi connectivity index (χ3v) is 24.4. The zero-order valence-electron chi connectivity index (χ0n) is 29.8. The third kappa shape index (κ3) is 23.8. The van der Waals surface area contributed by atoms with Crippen LogP contribution in [-0.2, 0) is 27.4 Å². The summed E-state index contributed by atoms with van der Waals surface area (Å²) in [5.74, 6) is 2.31. The molecule has 0 aromatic heterocycles. The van der Waals surface area contributed by atoms with E-state index in [-0.39, 0.29) is 23.1 Å². The van der Waals surface area contributed by atoms with E-state index < -0.39 is 45.5 Å². The Morgan fingerprint density at radius 2 is 0.848 bits per heavy atom. The minimum atomic E-state index is -2.03. The number of hydrogen-bond acceptors (Lipinski definition) is 10. The molecule has 2 N–H and O–H groups in total. The highest BCUT2D eigenvalue weighted by atomic mass is 32.2. The van der Waals surface area contributed by atoms with Crippen molar-refractivity contribution in [1.29, 1.82) is 0 Å². The zero-order chi connectivity index (χ0) is 35.6. The Morgan fingerprint density at radius 1 is 0.565 bits per heavy atom. The van der Waals surface area contributed by atoms with E-state index in [1.807, 2.05) is 0 Å². The zero-order valence-corrected chi connectivity index (χ0v) is 35.4. The first-order valence-electron chi connectivity index (χ1n) is 16.4. The lowest BCUT2D eigenvalue weighted by Gasteiger charge is -2.34. The van der Waals surface area contributed by atoms with Crippen LogP contribution in [0.1, 0.15) is 38.5 Å². The standard InChI is InChI=1S/C32H62O8S2Si4/c1-11-27(33)15-21-43(3,4)39-45(7,8)23-17-29(35)13-19-41-25-31(37)32(38)26-42-20-14-30(36)18-24-46(9,10)40-44(5,6)22-16-28(34)12-2/h11-12,31-32,37-38H,1-2,13-26H2,3-10H3. The Bertz CT molecular complexity index is 927. The Morgan fingerprint density at radius 3 is 1.13 bits per heavy atom. The van der Waals surface area contributed by atoms with Crippen LogP contribution in [0.5, 0.6) is 0 Å². The van der Waals surface area contributed by atoms with Crippen LogP contribution < -0.4 is 0 Å². The number of Topliss-reactive ketones (excluding diaryl/α,β-unsaturated/α-hetero) is 2. The molecule has 0 aliphatic carbocycles. The Hall–Kier alpha value is -0.432. The second kappa shape index (κ2) is 22.3. The lowest BCUT2D eigenvalue weighted by atomic mass is 10.2. The Kier molecular flexibility index (Phi) is 22.1. The molecule has 0 aliphatic rings. The lowest BCUT2D eigenvalue weighted by Crippen LogP contribution is -2.44. The average Bonchev–Trinajstić information content (AvgIpc) is 2.95. The molecule has 0 amide bonds. The van der Waals surface area contributed by atoms with Crippen molar-refractivity contribution in [1.82, 2.24) is 0 Å². The lowest BCUT2D eigenvalue weighted by molar-refractivity contribution is -0.119. The average molecular weight is 751 g/mol. The van der Waals surface area contributed by atoms with Crippen molar-refractivity contribution in [3.63, 3.8) is 0 Å². The highest BCUT2D eigenvalue weighted by Crippen LogP contribution is 2.26.